The minimum absolute atomic E-state index is 0.0292. The second-order valence-electron chi connectivity index (χ2n) is 7.39. The van der Waals surface area contributed by atoms with Crippen molar-refractivity contribution in [2.24, 2.45) is 0 Å². The van der Waals surface area contributed by atoms with E-state index in [9.17, 15) is 4.79 Å². The molecule has 0 spiro atoms. The van der Waals surface area contributed by atoms with Gasteiger partial charge in [0.2, 0.25) is 0 Å². The number of nitrogens with one attached hydrogen (secondary N) is 1. The molecular weight excluding hydrogens is 338 g/mol. The van der Waals surface area contributed by atoms with Crippen LogP contribution >= 0.6 is 0 Å². The summed E-state index contributed by atoms with van der Waals surface area (Å²) in [4.78, 5) is 23.4. The maximum atomic E-state index is 12.5. The number of hydrogen-bond donors (Lipinski definition) is 1. The van der Waals surface area contributed by atoms with E-state index < -0.39 is 0 Å². The van der Waals surface area contributed by atoms with Crippen LogP contribution in [0.5, 0.6) is 0 Å². The van der Waals surface area contributed by atoms with Gasteiger partial charge in [0.05, 0.1) is 0 Å². The molecule has 0 atom stereocenters. The third kappa shape index (κ3) is 4.22. The second-order valence-corrected chi connectivity index (χ2v) is 7.39. The zero-order chi connectivity index (χ0) is 18.6. The van der Waals surface area contributed by atoms with Crippen LogP contribution in [0.15, 0.2) is 42.6 Å². The van der Waals surface area contributed by atoms with Crippen LogP contribution in [0.4, 0.5) is 17.1 Å². The molecule has 2 aliphatic heterocycles. The van der Waals surface area contributed by atoms with E-state index in [1.54, 1.807) is 6.20 Å². The lowest BCUT2D eigenvalue weighted by Crippen LogP contribution is -2.44. The number of likely N-dealkylation sites (N-methyl/N-ethyl adjacent to an activating group) is 1. The average Bonchev–Trinajstić information content (AvgIpc) is 3.24. The number of pyridine rings is 1. The SMILES string of the molecule is CN1CCN(c2ccc(Nc3ccnc(C(=O)N4CCCC4)c3)cc2)CC1. The van der Waals surface area contributed by atoms with Crippen LogP contribution in [0.1, 0.15) is 23.3 Å². The summed E-state index contributed by atoms with van der Waals surface area (Å²) in [6.07, 6.45) is 3.87. The van der Waals surface area contributed by atoms with Gasteiger partial charge in [-0.15, -0.1) is 0 Å². The molecule has 0 unspecified atom stereocenters. The molecule has 0 saturated carbocycles. The van der Waals surface area contributed by atoms with Crippen LogP contribution in [0.25, 0.3) is 0 Å². The van der Waals surface area contributed by atoms with Crippen molar-refractivity contribution in [2.75, 3.05) is 56.5 Å². The molecule has 142 valence electrons. The molecule has 1 aromatic heterocycles. The van der Waals surface area contributed by atoms with Gasteiger partial charge in [0, 0.05) is 62.5 Å². The fraction of sp³-hybridized carbons (Fsp3) is 0.429. The van der Waals surface area contributed by atoms with E-state index in [2.05, 4.69) is 51.4 Å². The maximum absolute atomic E-state index is 12.5. The summed E-state index contributed by atoms with van der Waals surface area (Å²) in [7, 11) is 2.17. The maximum Gasteiger partial charge on any atom is 0.272 e. The number of carbonyl (C=O) groups excluding carboxylic acids is 1. The summed E-state index contributed by atoms with van der Waals surface area (Å²) >= 11 is 0. The summed E-state index contributed by atoms with van der Waals surface area (Å²) in [6, 6.07) is 12.2. The normalized spacial score (nSPS) is 18.0. The predicted molar refractivity (Wildman–Crippen MR) is 109 cm³/mol. The Bertz CT molecular complexity index is 777. The Hall–Kier alpha value is -2.60. The first-order chi connectivity index (χ1) is 13.2. The van der Waals surface area contributed by atoms with Gasteiger partial charge in [0.25, 0.3) is 5.91 Å². The van der Waals surface area contributed by atoms with E-state index in [4.69, 9.17) is 0 Å². The molecule has 1 N–H and O–H groups in total. The number of rotatable bonds is 4. The van der Waals surface area contributed by atoms with Gasteiger partial charge >= 0.3 is 0 Å². The first-order valence-corrected chi connectivity index (χ1v) is 9.75. The van der Waals surface area contributed by atoms with Crippen molar-refractivity contribution in [1.29, 1.82) is 0 Å². The van der Waals surface area contributed by atoms with E-state index in [1.165, 1.54) is 5.69 Å². The number of carbonyl (C=O) groups is 1. The van der Waals surface area contributed by atoms with E-state index in [0.29, 0.717) is 5.69 Å². The molecule has 6 heteroatoms. The fourth-order valence-corrected chi connectivity index (χ4v) is 3.69. The molecule has 0 aliphatic carbocycles. The molecule has 0 bridgehead atoms. The quantitative estimate of drug-likeness (QED) is 0.903. The Morgan fingerprint density at radius 1 is 0.926 bits per heavy atom. The van der Waals surface area contributed by atoms with Crippen LogP contribution in [0.3, 0.4) is 0 Å². The lowest BCUT2D eigenvalue weighted by atomic mass is 10.2. The van der Waals surface area contributed by atoms with Crippen molar-refractivity contribution in [2.45, 2.75) is 12.8 Å². The highest BCUT2D eigenvalue weighted by Crippen LogP contribution is 2.23. The predicted octanol–water partition coefficient (Wildman–Crippen LogP) is 2.81. The number of amides is 1. The summed E-state index contributed by atoms with van der Waals surface area (Å²) < 4.78 is 0. The third-order valence-corrected chi connectivity index (χ3v) is 5.40. The lowest BCUT2D eigenvalue weighted by Gasteiger charge is -2.34. The molecule has 27 heavy (non-hydrogen) atoms. The lowest BCUT2D eigenvalue weighted by molar-refractivity contribution is 0.0787. The summed E-state index contributed by atoms with van der Waals surface area (Å²) in [5.41, 5.74) is 3.67. The first-order valence-electron chi connectivity index (χ1n) is 9.75. The van der Waals surface area contributed by atoms with Crippen molar-refractivity contribution in [3.05, 3.63) is 48.3 Å². The zero-order valence-electron chi connectivity index (χ0n) is 15.9. The van der Waals surface area contributed by atoms with Crippen molar-refractivity contribution < 1.29 is 4.79 Å². The van der Waals surface area contributed by atoms with Crippen molar-refractivity contribution >= 4 is 23.0 Å². The molecule has 2 aromatic rings. The van der Waals surface area contributed by atoms with Gasteiger partial charge in [-0.2, -0.15) is 0 Å². The minimum atomic E-state index is 0.0292. The summed E-state index contributed by atoms with van der Waals surface area (Å²) in [5, 5.41) is 3.39. The van der Waals surface area contributed by atoms with Crippen molar-refractivity contribution in [3.63, 3.8) is 0 Å². The molecule has 6 nitrogen and oxygen atoms in total. The Balaban J connectivity index is 1.41. The van der Waals surface area contributed by atoms with E-state index >= 15 is 0 Å². The standard InChI is InChI=1S/C21H27N5O/c1-24-12-14-25(15-13-24)19-6-4-17(5-7-19)23-18-8-9-22-20(16-18)21(27)26-10-2-3-11-26/h4-9,16H,2-3,10-15H2,1H3,(H,22,23). The number of likely N-dealkylation sites (tertiary alicyclic amines) is 1. The Labute approximate surface area is 160 Å². The molecule has 1 amide bonds. The van der Waals surface area contributed by atoms with Crippen molar-refractivity contribution in [3.8, 4) is 0 Å². The fourth-order valence-electron chi connectivity index (χ4n) is 3.69. The van der Waals surface area contributed by atoms with Crippen LogP contribution in [0, 0.1) is 0 Å². The number of anilines is 3. The van der Waals surface area contributed by atoms with Gasteiger partial charge in [-0.05, 0) is 56.3 Å². The first kappa shape index (κ1) is 17.8. The molecular formula is C21H27N5O. The van der Waals surface area contributed by atoms with Crippen molar-refractivity contribution in [1.82, 2.24) is 14.8 Å². The number of nitrogens with zero attached hydrogens (tertiary/aromatic N) is 4. The van der Waals surface area contributed by atoms with Crippen LogP contribution in [-0.2, 0) is 0 Å². The van der Waals surface area contributed by atoms with E-state index in [0.717, 1.165) is 63.5 Å². The molecule has 1 aromatic carbocycles. The minimum Gasteiger partial charge on any atom is -0.369 e. The largest absolute Gasteiger partial charge is 0.369 e. The Kier molecular flexibility index (Phi) is 5.25. The molecule has 0 radical (unpaired) electrons. The summed E-state index contributed by atoms with van der Waals surface area (Å²) in [5.74, 6) is 0.0292. The monoisotopic (exact) mass is 365 g/mol. The zero-order valence-corrected chi connectivity index (χ0v) is 15.9. The Morgan fingerprint density at radius 2 is 1.63 bits per heavy atom. The topological polar surface area (TPSA) is 51.7 Å². The molecule has 2 fully saturated rings. The second kappa shape index (κ2) is 7.96. The number of piperazine rings is 1. The van der Waals surface area contributed by atoms with Crippen LogP contribution < -0.4 is 10.2 Å². The number of benzene rings is 1. The van der Waals surface area contributed by atoms with Gasteiger partial charge in [-0.1, -0.05) is 0 Å². The van der Waals surface area contributed by atoms with Gasteiger partial charge < -0.3 is 20.0 Å². The third-order valence-electron chi connectivity index (χ3n) is 5.40. The van der Waals surface area contributed by atoms with Gasteiger partial charge in [0.15, 0.2) is 0 Å². The summed E-state index contributed by atoms with van der Waals surface area (Å²) in [6.45, 7) is 6.01. The highest BCUT2D eigenvalue weighted by atomic mass is 16.2. The van der Waals surface area contributed by atoms with Gasteiger partial charge in [-0.25, -0.2) is 0 Å². The molecule has 2 aliphatic rings. The van der Waals surface area contributed by atoms with E-state index in [-0.39, 0.29) is 5.91 Å². The van der Waals surface area contributed by atoms with Crippen LogP contribution in [0.2, 0.25) is 0 Å². The Morgan fingerprint density at radius 3 is 2.33 bits per heavy atom. The van der Waals surface area contributed by atoms with Gasteiger partial charge in [0.1, 0.15) is 5.69 Å². The highest BCUT2D eigenvalue weighted by Gasteiger charge is 2.20. The average molecular weight is 365 g/mol. The van der Waals surface area contributed by atoms with E-state index in [1.807, 2.05) is 17.0 Å². The molecule has 3 heterocycles. The molecule has 2 saturated heterocycles. The number of aromatic nitrogens is 1. The highest BCUT2D eigenvalue weighted by molar-refractivity contribution is 5.93. The van der Waals surface area contributed by atoms with Crippen LogP contribution in [-0.4, -0.2) is 67.0 Å². The smallest absolute Gasteiger partial charge is 0.272 e. The molecule has 4 rings (SSSR count). The van der Waals surface area contributed by atoms with Gasteiger partial charge in [-0.3, -0.25) is 9.78 Å². The number of hydrogen-bond acceptors (Lipinski definition) is 5.